The number of hydrogen-bond acceptors (Lipinski definition) is 17. The van der Waals surface area contributed by atoms with Crippen molar-refractivity contribution in [2.24, 2.45) is 4.99 Å². The first-order valence-corrected chi connectivity index (χ1v) is 14.2. The molecule has 23 heteroatoms. The number of imidazole rings is 1. The summed E-state index contributed by atoms with van der Waals surface area (Å²) in [5.74, 6) is -0.272. The fraction of sp³-hybridized carbons (Fsp3) is 0.647. The van der Waals surface area contributed by atoms with Crippen molar-refractivity contribution in [3.05, 3.63) is 16.7 Å². The van der Waals surface area contributed by atoms with Crippen molar-refractivity contribution in [3.8, 4) is 0 Å². The number of aliphatic imine (C=N–C) groups is 1. The number of aliphatic hydroxyl groups is 5. The molecule has 2 saturated heterocycles. The number of hydrogen-bond donors (Lipinski definition) is 9. The van der Waals surface area contributed by atoms with Gasteiger partial charge in [-0.2, -0.15) is 9.29 Å². The van der Waals surface area contributed by atoms with Crippen molar-refractivity contribution in [2.45, 2.75) is 55.2 Å². The molecule has 224 valence electrons. The van der Waals surface area contributed by atoms with Gasteiger partial charge in [0.25, 0.3) is 5.56 Å². The predicted molar refractivity (Wildman–Crippen MR) is 127 cm³/mol. The fourth-order valence-electron chi connectivity index (χ4n) is 3.98. The van der Waals surface area contributed by atoms with E-state index in [4.69, 9.17) is 15.2 Å². The number of anilines is 1. The predicted octanol–water partition coefficient (Wildman–Crippen LogP) is -3.92. The number of aromatic nitrogens is 4. The first-order chi connectivity index (χ1) is 18.6. The molecule has 10 N–H and O–H groups in total. The first kappa shape index (κ1) is 30.8. The molecule has 11 atom stereocenters. The third-order valence-corrected chi connectivity index (χ3v) is 8.49. The van der Waals surface area contributed by atoms with Crippen LogP contribution >= 0.6 is 15.6 Å². The maximum absolute atomic E-state index is 12.3. The summed E-state index contributed by atoms with van der Waals surface area (Å²) in [4.78, 5) is 45.3. The van der Waals surface area contributed by atoms with Crippen LogP contribution < -0.4 is 11.3 Å². The lowest BCUT2D eigenvalue weighted by Gasteiger charge is -2.39. The number of aliphatic hydroxyl groups excluding tert-OH is 5. The standard InChI is InChI=1S/C17H26N6O15P2/c1-19-2-5-8(24)10(26)12(28)16(36-5)37-40(32,33)38-39(30,31)34-3-6-9(25)11(27)15(35-6)23-4-20-7-13(23)21-17(18)22-14(7)29/h4-6,8-12,15-16,24-28H,1-3H2,(H,30,31)(H,32,33)(H3,18,21,22,29). The summed E-state index contributed by atoms with van der Waals surface area (Å²) in [6.45, 7) is 1.88. The molecule has 4 heterocycles. The molecular weight excluding hydrogens is 590 g/mol. The molecular formula is C17H26N6O15P2. The Morgan fingerprint density at radius 1 is 1.05 bits per heavy atom. The monoisotopic (exact) mass is 616 g/mol. The van der Waals surface area contributed by atoms with Gasteiger partial charge in [0, 0.05) is 0 Å². The molecule has 0 spiro atoms. The molecule has 21 nitrogen and oxygen atoms in total. The zero-order valence-corrected chi connectivity index (χ0v) is 21.8. The quantitative estimate of drug-likeness (QED) is 0.0909. The number of nitrogens with zero attached hydrogens (tertiary/aromatic N) is 4. The number of H-pyrrole nitrogens is 1. The SMILES string of the molecule is C=NCC1OC(OP(=O)(O)OP(=O)(O)OCC2OC(n3cnc4c(=O)[nH]c(N)nc43)C(O)C2O)C(O)C(O)C1O. The Hall–Kier alpha value is -2.20. The third kappa shape index (κ3) is 6.32. The minimum Gasteiger partial charge on any atom is -0.388 e. The molecule has 0 aliphatic carbocycles. The molecule has 0 amide bonds. The summed E-state index contributed by atoms with van der Waals surface area (Å²) in [7, 11) is -11.0. The summed E-state index contributed by atoms with van der Waals surface area (Å²) in [6, 6.07) is 0. The molecule has 0 aromatic carbocycles. The zero-order valence-electron chi connectivity index (χ0n) is 20.1. The zero-order chi connectivity index (χ0) is 29.6. The summed E-state index contributed by atoms with van der Waals surface area (Å²) < 4.78 is 49.7. The van der Waals surface area contributed by atoms with E-state index >= 15 is 0 Å². The topological polar surface area (TPSA) is 324 Å². The van der Waals surface area contributed by atoms with Crippen LogP contribution in [0.3, 0.4) is 0 Å². The molecule has 40 heavy (non-hydrogen) atoms. The van der Waals surface area contributed by atoms with Crippen LogP contribution in [0.2, 0.25) is 0 Å². The van der Waals surface area contributed by atoms with Crippen LogP contribution in [0.15, 0.2) is 16.1 Å². The number of phosphoric acid groups is 2. The van der Waals surface area contributed by atoms with Crippen molar-refractivity contribution in [2.75, 3.05) is 18.9 Å². The van der Waals surface area contributed by atoms with Crippen LogP contribution in [0.4, 0.5) is 5.95 Å². The second kappa shape index (κ2) is 11.6. The highest BCUT2D eigenvalue weighted by molar-refractivity contribution is 7.61. The highest BCUT2D eigenvalue weighted by Crippen LogP contribution is 2.61. The van der Waals surface area contributed by atoms with Crippen molar-refractivity contribution in [1.29, 1.82) is 0 Å². The van der Waals surface area contributed by atoms with Crippen LogP contribution in [-0.2, 0) is 32.0 Å². The average molecular weight is 616 g/mol. The van der Waals surface area contributed by atoms with Crippen molar-refractivity contribution in [3.63, 3.8) is 0 Å². The Kier molecular flexibility index (Phi) is 8.91. The Bertz CT molecular complexity index is 1390. The van der Waals surface area contributed by atoms with E-state index < -0.39 is 83.1 Å². The number of ether oxygens (including phenoxy) is 2. The number of nitrogens with one attached hydrogen (secondary N) is 1. The van der Waals surface area contributed by atoms with Crippen LogP contribution in [0.25, 0.3) is 11.2 Å². The lowest BCUT2D eigenvalue weighted by molar-refractivity contribution is -0.272. The summed E-state index contributed by atoms with van der Waals surface area (Å²) in [5, 5.41) is 50.6. The average Bonchev–Trinajstić information content (AvgIpc) is 3.39. The van der Waals surface area contributed by atoms with E-state index in [1.165, 1.54) is 0 Å². The van der Waals surface area contributed by atoms with Crippen LogP contribution in [0, 0.1) is 0 Å². The maximum atomic E-state index is 12.3. The molecule has 11 unspecified atom stereocenters. The summed E-state index contributed by atoms with van der Waals surface area (Å²) in [5.41, 5.74) is 4.57. The second-order valence-corrected chi connectivity index (χ2v) is 11.7. The molecule has 0 radical (unpaired) electrons. The molecule has 2 aromatic heterocycles. The number of rotatable bonds is 10. The van der Waals surface area contributed by atoms with E-state index in [2.05, 4.69) is 40.0 Å². The Balaban J connectivity index is 1.39. The lowest BCUT2D eigenvalue weighted by Crippen LogP contribution is -2.58. The fourth-order valence-corrected chi connectivity index (χ4v) is 6.14. The number of nitrogens with two attached hydrogens (primary N) is 1. The molecule has 2 aliphatic rings. The van der Waals surface area contributed by atoms with Gasteiger partial charge in [-0.05, 0) is 6.72 Å². The van der Waals surface area contributed by atoms with Crippen LogP contribution in [-0.4, -0.2) is 124 Å². The minimum atomic E-state index is -5.57. The smallest absolute Gasteiger partial charge is 0.388 e. The number of phosphoric ester groups is 2. The van der Waals surface area contributed by atoms with Crippen LogP contribution in [0.5, 0.6) is 0 Å². The van der Waals surface area contributed by atoms with Gasteiger partial charge >= 0.3 is 15.6 Å². The maximum Gasteiger partial charge on any atom is 0.483 e. The van der Waals surface area contributed by atoms with E-state index in [0.29, 0.717) is 0 Å². The van der Waals surface area contributed by atoms with Gasteiger partial charge in [0.05, 0.1) is 19.5 Å². The molecule has 4 rings (SSSR count). The summed E-state index contributed by atoms with van der Waals surface area (Å²) >= 11 is 0. The number of aromatic amines is 1. The molecule has 2 aromatic rings. The van der Waals surface area contributed by atoms with Gasteiger partial charge in [-0.15, -0.1) is 0 Å². The minimum absolute atomic E-state index is 0.107. The Morgan fingerprint density at radius 2 is 1.73 bits per heavy atom. The summed E-state index contributed by atoms with van der Waals surface area (Å²) in [6.07, 6.45) is -14.4. The van der Waals surface area contributed by atoms with E-state index in [-0.39, 0.29) is 23.7 Å². The van der Waals surface area contributed by atoms with E-state index in [0.717, 1.165) is 10.9 Å². The van der Waals surface area contributed by atoms with Gasteiger partial charge in [0.1, 0.15) is 42.7 Å². The molecule has 2 aliphatic heterocycles. The molecule has 0 bridgehead atoms. The van der Waals surface area contributed by atoms with Crippen LogP contribution in [0.1, 0.15) is 6.23 Å². The normalized spacial score (nSPS) is 35.8. The van der Waals surface area contributed by atoms with Crippen molar-refractivity contribution >= 4 is 39.5 Å². The molecule has 0 saturated carbocycles. The van der Waals surface area contributed by atoms with Crippen molar-refractivity contribution in [1.82, 2.24) is 19.5 Å². The highest BCUT2D eigenvalue weighted by atomic mass is 31.3. The van der Waals surface area contributed by atoms with Gasteiger partial charge < -0.3 is 50.5 Å². The second-order valence-electron chi connectivity index (χ2n) is 8.66. The van der Waals surface area contributed by atoms with Gasteiger partial charge in [-0.3, -0.25) is 28.4 Å². The third-order valence-electron chi connectivity index (χ3n) is 5.88. The van der Waals surface area contributed by atoms with E-state index in [1.807, 2.05) is 0 Å². The largest absolute Gasteiger partial charge is 0.483 e. The van der Waals surface area contributed by atoms with E-state index in [1.54, 1.807) is 0 Å². The number of nitrogen functional groups attached to an aromatic ring is 1. The highest BCUT2D eigenvalue weighted by Gasteiger charge is 2.49. The van der Waals surface area contributed by atoms with Gasteiger partial charge in [0.2, 0.25) is 5.95 Å². The Labute approximate surface area is 222 Å². The van der Waals surface area contributed by atoms with Crippen molar-refractivity contribution < 1.29 is 67.3 Å². The van der Waals surface area contributed by atoms with Gasteiger partial charge in [-0.25, -0.2) is 14.1 Å². The van der Waals surface area contributed by atoms with Gasteiger partial charge in [-0.1, -0.05) is 0 Å². The Morgan fingerprint density at radius 3 is 2.40 bits per heavy atom. The molecule has 2 fully saturated rings. The lowest BCUT2D eigenvalue weighted by atomic mass is 9.99. The van der Waals surface area contributed by atoms with E-state index in [9.17, 15) is 49.2 Å². The number of fused-ring (bicyclic) bond motifs is 1. The first-order valence-electron chi connectivity index (χ1n) is 11.2. The van der Waals surface area contributed by atoms with Gasteiger partial charge in [0.15, 0.2) is 23.7 Å².